The Hall–Kier alpha value is -1.71. The Morgan fingerprint density at radius 3 is 2.75 bits per heavy atom. The van der Waals surface area contributed by atoms with Crippen LogP contribution in [0.15, 0.2) is 12.1 Å². The number of anilines is 2. The maximum absolute atomic E-state index is 11.9. The molecular weight excluding hydrogens is 252 g/mol. The average Bonchev–Trinajstić information content (AvgIpc) is 2.82. The Morgan fingerprint density at radius 1 is 1.45 bits per heavy atom. The Balaban J connectivity index is 2.47. The average molecular weight is 276 g/mol. The SMILES string of the molecule is CCC1CCC(C)N1c1cc(C)c(N)c(C(=O)OC)c1. The van der Waals surface area contributed by atoms with Crippen LogP contribution in [0.1, 0.15) is 49.0 Å². The van der Waals surface area contributed by atoms with E-state index < -0.39 is 0 Å². The fraction of sp³-hybridized carbons (Fsp3) is 0.562. The zero-order chi connectivity index (χ0) is 14.9. The quantitative estimate of drug-likeness (QED) is 0.680. The van der Waals surface area contributed by atoms with Gasteiger partial charge in [-0.1, -0.05) is 6.92 Å². The summed E-state index contributed by atoms with van der Waals surface area (Å²) in [4.78, 5) is 14.3. The molecule has 2 unspecified atom stereocenters. The van der Waals surface area contributed by atoms with E-state index >= 15 is 0 Å². The minimum absolute atomic E-state index is 0.368. The molecule has 110 valence electrons. The molecule has 0 amide bonds. The van der Waals surface area contributed by atoms with Gasteiger partial charge in [0, 0.05) is 23.5 Å². The number of benzene rings is 1. The summed E-state index contributed by atoms with van der Waals surface area (Å²) in [6.07, 6.45) is 3.51. The number of carbonyl (C=O) groups is 1. The lowest BCUT2D eigenvalue weighted by Crippen LogP contribution is -2.34. The van der Waals surface area contributed by atoms with Crippen molar-refractivity contribution in [3.8, 4) is 0 Å². The topological polar surface area (TPSA) is 55.6 Å². The first-order valence-electron chi connectivity index (χ1n) is 7.26. The predicted molar refractivity (Wildman–Crippen MR) is 82.2 cm³/mol. The van der Waals surface area contributed by atoms with Gasteiger partial charge in [-0.15, -0.1) is 0 Å². The number of methoxy groups -OCH3 is 1. The first-order chi connectivity index (χ1) is 9.49. The third kappa shape index (κ3) is 2.47. The summed E-state index contributed by atoms with van der Waals surface area (Å²) in [6.45, 7) is 6.38. The molecule has 0 bridgehead atoms. The molecule has 1 fully saturated rings. The largest absolute Gasteiger partial charge is 0.465 e. The minimum atomic E-state index is -0.368. The maximum Gasteiger partial charge on any atom is 0.340 e. The first kappa shape index (κ1) is 14.7. The number of esters is 1. The van der Waals surface area contributed by atoms with Crippen molar-refractivity contribution in [3.63, 3.8) is 0 Å². The van der Waals surface area contributed by atoms with Crippen LogP contribution in [0.5, 0.6) is 0 Å². The van der Waals surface area contributed by atoms with Gasteiger partial charge in [-0.3, -0.25) is 0 Å². The van der Waals surface area contributed by atoms with Crippen molar-refractivity contribution in [1.82, 2.24) is 0 Å². The second-order valence-corrected chi connectivity index (χ2v) is 5.61. The predicted octanol–water partition coefficient (Wildman–Crippen LogP) is 3.13. The minimum Gasteiger partial charge on any atom is -0.465 e. The van der Waals surface area contributed by atoms with Crippen molar-refractivity contribution >= 4 is 17.3 Å². The van der Waals surface area contributed by atoms with Crippen molar-refractivity contribution in [2.75, 3.05) is 17.7 Å². The third-order valence-corrected chi connectivity index (χ3v) is 4.33. The number of carbonyl (C=O) groups excluding carboxylic acids is 1. The Bertz CT molecular complexity index is 513. The van der Waals surface area contributed by atoms with Crippen LogP contribution < -0.4 is 10.6 Å². The van der Waals surface area contributed by atoms with Crippen molar-refractivity contribution in [3.05, 3.63) is 23.3 Å². The van der Waals surface area contributed by atoms with E-state index in [1.807, 2.05) is 13.0 Å². The fourth-order valence-electron chi connectivity index (χ4n) is 3.14. The molecule has 2 atom stereocenters. The number of nitrogens with zero attached hydrogens (tertiary/aromatic N) is 1. The van der Waals surface area contributed by atoms with Crippen molar-refractivity contribution in [1.29, 1.82) is 0 Å². The van der Waals surface area contributed by atoms with Gasteiger partial charge in [-0.2, -0.15) is 0 Å². The number of hydrogen-bond acceptors (Lipinski definition) is 4. The van der Waals surface area contributed by atoms with E-state index in [-0.39, 0.29) is 5.97 Å². The van der Waals surface area contributed by atoms with Crippen molar-refractivity contribution < 1.29 is 9.53 Å². The molecule has 0 saturated carbocycles. The molecule has 4 heteroatoms. The van der Waals surface area contributed by atoms with Crippen LogP contribution in [0.3, 0.4) is 0 Å². The lowest BCUT2D eigenvalue weighted by atomic mass is 10.0. The van der Waals surface area contributed by atoms with Crippen molar-refractivity contribution in [2.24, 2.45) is 0 Å². The molecule has 2 rings (SSSR count). The Morgan fingerprint density at radius 2 is 2.15 bits per heavy atom. The van der Waals surface area contributed by atoms with E-state index in [4.69, 9.17) is 10.5 Å². The molecule has 0 aromatic heterocycles. The van der Waals surface area contributed by atoms with E-state index in [1.54, 1.807) is 0 Å². The number of nitrogen functional groups attached to an aromatic ring is 1. The monoisotopic (exact) mass is 276 g/mol. The highest BCUT2D eigenvalue weighted by Gasteiger charge is 2.30. The van der Waals surface area contributed by atoms with Gasteiger partial charge in [0.1, 0.15) is 0 Å². The van der Waals surface area contributed by atoms with E-state index in [0.717, 1.165) is 17.7 Å². The zero-order valence-electron chi connectivity index (χ0n) is 12.8. The fourth-order valence-corrected chi connectivity index (χ4v) is 3.14. The summed E-state index contributed by atoms with van der Waals surface area (Å²) in [5.74, 6) is -0.368. The van der Waals surface area contributed by atoms with E-state index in [0.29, 0.717) is 23.3 Å². The van der Waals surface area contributed by atoms with Crippen molar-refractivity contribution in [2.45, 2.75) is 52.1 Å². The van der Waals surface area contributed by atoms with Crippen LogP contribution in [0.25, 0.3) is 0 Å². The summed E-state index contributed by atoms with van der Waals surface area (Å²) in [7, 11) is 1.39. The smallest absolute Gasteiger partial charge is 0.340 e. The Labute approximate surface area is 120 Å². The molecule has 1 heterocycles. The van der Waals surface area contributed by atoms with Gasteiger partial charge >= 0.3 is 5.97 Å². The van der Waals surface area contributed by atoms with E-state index in [1.165, 1.54) is 20.0 Å². The normalized spacial score (nSPS) is 22.1. The molecule has 1 aromatic rings. The van der Waals surface area contributed by atoms with Crippen LogP contribution in [0.2, 0.25) is 0 Å². The second-order valence-electron chi connectivity index (χ2n) is 5.61. The molecule has 2 N–H and O–H groups in total. The maximum atomic E-state index is 11.9. The van der Waals surface area contributed by atoms with Crippen LogP contribution in [0, 0.1) is 6.92 Å². The van der Waals surface area contributed by atoms with Crippen LogP contribution in [-0.4, -0.2) is 25.2 Å². The highest BCUT2D eigenvalue weighted by atomic mass is 16.5. The first-order valence-corrected chi connectivity index (χ1v) is 7.26. The summed E-state index contributed by atoms with van der Waals surface area (Å²) in [5, 5.41) is 0. The van der Waals surface area contributed by atoms with Gasteiger partial charge in [0.15, 0.2) is 0 Å². The molecule has 1 aliphatic heterocycles. The van der Waals surface area contributed by atoms with E-state index in [2.05, 4.69) is 24.8 Å². The lowest BCUT2D eigenvalue weighted by molar-refractivity contribution is 0.0602. The summed E-state index contributed by atoms with van der Waals surface area (Å²) in [6, 6.07) is 4.98. The molecule has 1 aromatic carbocycles. The summed E-state index contributed by atoms with van der Waals surface area (Å²) in [5.41, 5.74) is 9.00. The highest BCUT2D eigenvalue weighted by Crippen LogP contribution is 2.35. The van der Waals surface area contributed by atoms with Crippen LogP contribution >= 0.6 is 0 Å². The van der Waals surface area contributed by atoms with Gasteiger partial charge in [-0.05, 0) is 50.8 Å². The molecule has 20 heavy (non-hydrogen) atoms. The number of nitrogens with two attached hydrogens (primary N) is 1. The van der Waals surface area contributed by atoms with Gasteiger partial charge < -0.3 is 15.4 Å². The number of rotatable bonds is 3. The number of aryl methyl sites for hydroxylation is 1. The van der Waals surface area contributed by atoms with Crippen LogP contribution in [0.4, 0.5) is 11.4 Å². The Kier molecular flexibility index (Phi) is 4.21. The summed E-state index contributed by atoms with van der Waals surface area (Å²) >= 11 is 0. The number of ether oxygens (including phenoxy) is 1. The standard InChI is InChI=1S/C16H24N2O2/c1-5-12-7-6-11(3)18(12)13-8-10(2)15(17)14(9-13)16(19)20-4/h8-9,11-12H,5-7,17H2,1-4H3. The highest BCUT2D eigenvalue weighted by molar-refractivity contribution is 5.97. The van der Waals surface area contributed by atoms with Gasteiger partial charge in [-0.25, -0.2) is 4.79 Å². The second kappa shape index (κ2) is 5.73. The third-order valence-electron chi connectivity index (χ3n) is 4.33. The van der Waals surface area contributed by atoms with Gasteiger partial charge in [0.2, 0.25) is 0 Å². The molecule has 1 aliphatic rings. The van der Waals surface area contributed by atoms with Gasteiger partial charge in [0.05, 0.1) is 12.7 Å². The zero-order valence-corrected chi connectivity index (χ0v) is 12.8. The summed E-state index contributed by atoms with van der Waals surface area (Å²) < 4.78 is 4.83. The van der Waals surface area contributed by atoms with Gasteiger partial charge in [0.25, 0.3) is 0 Å². The molecule has 1 saturated heterocycles. The van der Waals surface area contributed by atoms with Crippen LogP contribution in [-0.2, 0) is 4.74 Å². The lowest BCUT2D eigenvalue weighted by Gasteiger charge is -2.31. The molecule has 0 radical (unpaired) electrons. The molecule has 4 nitrogen and oxygen atoms in total. The number of hydrogen-bond donors (Lipinski definition) is 1. The molecular formula is C16H24N2O2. The van der Waals surface area contributed by atoms with E-state index in [9.17, 15) is 4.79 Å². The molecule has 0 aliphatic carbocycles. The molecule has 0 spiro atoms.